The zero-order valence-electron chi connectivity index (χ0n) is 17.4. The van der Waals surface area contributed by atoms with Crippen LogP contribution in [0.2, 0.25) is 0 Å². The molecule has 0 fully saturated rings. The number of hydrogen-bond donors (Lipinski definition) is 0. The van der Waals surface area contributed by atoms with E-state index in [1.807, 2.05) is 18.3 Å². The molecule has 0 radical (unpaired) electrons. The van der Waals surface area contributed by atoms with Crippen LogP contribution < -0.4 is 4.74 Å². The average Bonchev–Trinajstić information content (AvgIpc) is 2.71. The summed E-state index contributed by atoms with van der Waals surface area (Å²) >= 11 is 0. The van der Waals surface area contributed by atoms with Crippen molar-refractivity contribution in [2.75, 3.05) is 6.61 Å². The molecule has 0 saturated carbocycles. The van der Waals surface area contributed by atoms with Crippen LogP contribution in [0.4, 0.5) is 0 Å². The van der Waals surface area contributed by atoms with Crippen molar-refractivity contribution in [2.45, 2.75) is 84.5 Å². The lowest BCUT2D eigenvalue weighted by Crippen LogP contribution is -2.00. The number of aromatic nitrogens is 1. The van der Waals surface area contributed by atoms with Gasteiger partial charge in [0.25, 0.3) is 0 Å². The first kappa shape index (κ1) is 21.5. The maximum atomic E-state index is 6.06. The van der Waals surface area contributed by atoms with Crippen LogP contribution in [-0.4, -0.2) is 11.6 Å². The Hall–Kier alpha value is -1.83. The summed E-state index contributed by atoms with van der Waals surface area (Å²) in [7, 11) is 0. The molecular formula is C25H37NO. The van der Waals surface area contributed by atoms with Gasteiger partial charge in [-0.3, -0.25) is 4.98 Å². The zero-order chi connectivity index (χ0) is 19.2. The first-order valence-corrected chi connectivity index (χ1v) is 11.0. The minimum absolute atomic E-state index is 0.778. The van der Waals surface area contributed by atoms with Crippen LogP contribution in [-0.2, 0) is 6.42 Å². The number of aryl methyl sites for hydroxylation is 1. The van der Waals surface area contributed by atoms with Crippen LogP contribution in [0.3, 0.4) is 0 Å². The Morgan fingerprint density at radius 3 is 2.15 bits per heavy atom. The van der Waals surface area contributed by atoms with E-state index in [1.54, 1.807) is 0 Å². The molecule has 148 valence electrons. The highest BCUT2D eigenvalue weighted by atomic mass is 16.5. The summed E-state index contributed by atoms with van der Waals surface area (Å²) in [5.41, 5.74) is 3.52. The third kappa shape index (κ3) is 8.15. The molecule has 2 aromatic rings. The summed E-state index contributed by atoms with van der Waals surface area (Å²) in [6.45, 7) is 5.29. The highest BCUT2D eigenvalue weighted by Crippen LogP contribution is 2.28. The molecule has 0 bridgehead atoms. The van der Waals surface area contributed by atoms with Crippen LogP contribution >= 0.6 is 0 Å². The average molecular weight is 368 g/mol. The van der Waals surface area contributed by atoms with Gasteiger partial charge in [0, 0.05) is 11.8 Å². The van der Waals surface area contributed by atoms with Crippen molar-refractivity contribution in [3.63, 3.8) is 0 Å². The molecule has 0 aliphatic heterocycles. The molecule has 1 aromatic carbocycles. The molecule has 27 heavy (non-hydrogen) atoms. The van der Waals surface area contributed by atoms with Crippen molar-refractivity contribution >= 4 is 0 Å². The molecule has 0 aliphatic rings. The van der Waals surface area contributed by atoms with Gasteiger partial charge in [0.05, 0.1) is 6.61 Å². The maximum Gasteiger partial charge on any atom is 0.145 e. The van der Waals surface area contributed by atoms with Gasteiger partial charge in [0.15, 0.2) is 0 Å². The summed E-state index contributed by atoms with van der Waals surface area (Å²) in [4.78, 5) is 4.58. The summed E-state index contributed by atoms with van der Waals surface area (Å²) in [6, 6.07) is 12.9. The molecule has 1 heterocycles. The Labute approximate surface area is 166 Å². The molecule has 0 spiro atoms. The van der Waals surface area contributed by atoms with Gasteiger partial charge in [-0.25, -0.2) is 0 Å². The van der Waals surface area contributed by atoms with Crippen molar-refractivity contribution in [3.8, 4) is 17.0 Å². The van der Waals surface area contributed by atoms with E-state index in [0.29, 0.717) is 0 Å². The Kier molecular flexibility index (Phi) is 10.6. The highest BCUT2D eigenvalue weighted by molar-refractivity contribution is 5.66. The Bertz CT molecular complexity index is 620. The van der Waals surface area contributed by atoms with Crippen molar-refractivity contribution in [2.24, 2.45) is 0 Å². The zero-order valence-corrected chi connectivity index (χ0v) is 17.4. The Morgan fingerprint density at radius 1 is 0.741 bits per heavy atom. The van der Waals surface area contributed by atoms with Crippen molar-refractivity contribution in [3.05, 3.63) is 48.2 Å². The van der Waals surface area contributed by atoms with Gasteiger partial charge < -0.3 is 4.74 Å². The first-order valence-electron chi connectivity index (χ1n) is 11.0. The minimum Gasteiger partial charge on any atom is -0.491 e. The molecular weight excluding hydrogens is 330 g/mol. The predicted octanol–water partition coefficient (Wildman–Crippen LogP) is 7.61. The van der Waals surface area contributed by atoms with Crippen LogP contribution in [0.25, 0.3) is 11.3 Å². The van der Waals surface area contributed by atoms with E-state index in [4.69, 9.17) is 4.74 Å². The van der Waals surface area contributed by atoms with E-state index in [2.05, 4.69) is 43.1 Å². The predicted molar refractivity (Wildman–Crippen MR) is 116 cm³/mol. The van der Waals surface area contributed by atoms with Crippen molar-refractivity contribution in [1.82, 2.24) is 4.98 Å². The summed E-state index contributed by atoms with van der Waals surface area (Å²) < 4.78 is 6.06. The maximum absolute atomic E-state index is 6.06. The van der Waals surface area contributed by atoms with Crippen molar-refractivity contribution in [1.29, 1.82) is 0 Å². The Balaban J connectivity index is 1.85. The number of nitrogens with zero attached hydrogens (tertiary/aromatic N) is 1. The topological polar surface area (TPSA) is 22.1 Å². The standard InChI is InChI=1S/C25H37NO/c1-3-5-7-9-10-12-21-27-24-15-13-20-26-25(24)23-18-16-22(17-19-23)14-11-8-6-4-2/h13,15-20H,3-12,14,21H2,1-2H3. The van der Waals surface area contributed by atoms with Gasteiger partial charge in [0.1, 0.15) is 11.4 Å². The van der Waals surface area contributed by atoms with Crippen molar-refractivity contribution < 1.29 is 4.74 Å². The van der Waals surface area contributed by atoms with E-state index in [0.717, 1.165) is 30.0 Å². The lowest BCUT2D eigenvalue weighted by molar-refractivity contribution is 0.304. The summed E-state index contributed by atoms with van der Waals surface area (Å²) in [5, 5.41) is 0. The number of ether oxygens (including phenoxy) is 1. The second kappa shape index (κ2) is 13.4. The minimum atomic E-state index is 0.778. The van der Waals surface area contributed by atoms with Gasteiger partial charge in [0.2, 0.25) is 0 Å². The molecule has 2 rings (SSSR count). The first-order chi connectivity index (χ1) is 13.3. The van der Waals surface area contributed by atoms with Gasteiger partial charge in [-0.15, -0.1) is 0 Å². The van der Waals surface area contributed by atoms with Gasteiger partial charge in [-0.2, -0.15) is 0 Å². The van der Waals surface area contributed by atoms with Crippen LogP contribution in [0.5, 0.6) is 5.75 Å². The lowest BCUT2D eigenvalue weighted by atomic mass is 10.0. The fourth-order valence-electron chi connectivity index (χ4n) is 3.37. The second-order valence-electron chi connectivity index (χ2n) is 7.47. The fourth-order valence-corrected chi connectivity index (χ4v) is 3.37. The van der Waals surface area contributed by atoms with E-state index in [9.17, 15) is 0 Å². The smallest absolute Gasteiger partial charge is 0.145 e. The van der Waals surface area contributed by atoms with Crippen LogP contribution in [0.1, 0.15) is 83.6 Å². The van der Waals surface area contributed by atoms with Gasteiger partial charge in [-0.05, 0) is 37.0 Å². The van der Waals surface area contributed by atoms with Crippen LogP contribution in [0, 0.1) is 0 Å². The third-order valence-electron chi connectivity index (χ3n) is 5.07. The van der Waals surface area contributed by atoms with E-state index in [1.165, 1.54) is 69.8 Å². The Morgan fingerprint density at radius 2 is 1.41 bits per heavy atom. The van der Waals surface area contributed by atoms with Crippen LogP contribution in [0.15, 0.2) is 42.6 Å². The third-order valence-corrected chi connectivity index (χ3v) is 5.07. The molecule has 0 aliphatic carbocycles. The van der Waals surface area contributed by atoms with Gasteiger partial charge in [-0.1, -0.05) is 89.5 Å². The molecule has 0 amide bonds. The molecule has 1 aromatic heterocycles. The molecule has 0 saturated heterocycles. The second-order valence-corrected chi connectivity index (χ2v) is 7.47. The number of benzene rings is 1. The normalized spacial score (nSPS) is 10.9. The molecule has 0 N–H and O–H groups in total. The van der Waals surface area contributed by atoms with E-state index >= 15 is 0 Å². The summed E-state index contributed by atoms with van der Waals surface area (Å²) in [6.07, 6.45) is 15.9. The van der Waals surface area contributed by atoms with E-state index in [-0.39, 0.29) is 0 Å². The number of hydrogen-bond acceptors (Lipinski definition) is 2. The SMILES string of the molecule is CCCCCCCCOc1cccnc1-c1ccc(CCCCCC)cc1. The number of pyridine rings is 1. The fraction of sp³-hybridized carbons (Fsp3) is 0.560. The molecule has 2 heteroatoms. The molecule has 0 unspecified atom stereocenters. The number of unbranched alkanes of at least 4 members (excludes halogenated alkanes) is 8. The molecule has 2 nitrogen and oxygen atoms in total. The highest BCUT2D eigenvalue weighted by Gasteiger charge is 2.07. The monoisotopic (exact) mass is 367 g/mol. The van der Waals surface area contributed by atoms with Gasteiger partial charge >= 0.3 is 0 Å². The molecule has 0 atom stereocenters. The number of rotatable bonds is 14. The quantitative estimate of drug-likeness (QED) is 0.320. The lowest BCUT2D eigenvalue weighted by Gasteiger charge is -2.11. The summed E-state index contributed by atoms with van der Waals surface area (Å²) in [5.74, 6) is 0.904. The largest absolute Gasteiger partial charge is 0.491 e. The van der Waals surface area contributed by atoms with E-state index < -0.39 is 0 Å².